The third kappa shape index (κ3) is 4.23. The maximum Gasteiger partial charge on any atom is 0.361 e. The molecule has 0 amide bonds. The molecule has 2 N–H and O–H groups in total. The lowest BCUT2D eigenvalue weighted by Crippen LogP contribution is -2.59. The molecule has 0 saturated carbocycles. The van der Waals surface area contributed by atoms with Gasteiger partial charge >= 0.3 is 5.97 Å². The highest BCUT2D eigenvalue weighted by Crippen LogP contribution is 2.25. The van der Waals surface area contributed by atoms with Gasteiger partial charge in [-0.15, -0.1) is 0 Å². The van der Waals surface area contributed by atoms with Crippen molar-refractivity contribution < 1.29 is 14.0 Å². The Hall–Kier alpha value is -2.37. The summed E-state index contributed by atoms with van der Waals surface area (Å²) in [6.45, 7) is 4.79. The van der Waals surface area contributed by atoms with E-state index in [1.54, 1.807) is 0 Å². The summed E-state index contributed by atoms with van der Waals surface area (Å²) in [5.41, 5.74) is 10.5. The number of quaternary nitrogens is 1. The molecule has 26 heavy (non-hydrogen) atoms. The van der Waals surface area contributed by atoms with Gasteiger partial charge in [-0.25, -0.2) is 4.79 Å². The van der Waals surface area contributed by atoms with E-state index in [0.717, 1.165) is 36.2 Å². The van der Waals surface area contributed by atoms with E-state index >= 15 is 0 Å². The van der Waals surface area contributed by atoms with Crippen molar-refractivity contribution in [2.75, 3.05) is 51.8 Å². The van der Waals surface area contributed by atoms with Gasteiger partial charge in [0.25, 0.3) is 0 Å². The fraction of sp³-hybridized carbons (Fsp3) is 0.381. The molecule has 5 nitrogen and oxygen atoms in total. The Morgan fingerprint density at radius 2 is 1.58 bits per heavy atom. The van der Waals surface area contributed by atoms with Gasteiger partial charge in [-0.05, 0) is 28.8 Å². The molecule has 1 fully saturated rings. The summed E-state index contributed by atoms with van der Waals surface area (Å²) >= 11 is 0. The number of nitrogens with zero attached hydrogens (tertiary/aromatic N) is 2. The number of esters is 1. The minimum Gasteiger partial charge on any atom is -0.465 e. The van der Waals surface area contributed by atoms with Gasteiger partial charge in [-0.1, -0.05) is 36.4 Å². The van der Waals surface area contributed by atoms with Gasteiger partial charge in [0.1, 0.15) is 0 Å². The second kappa shape index (κ2) is 7.89. The van der Waals surface area contributed by atoms with E-state index in [9.17, 15) is 4.79 Å². The van der Waals surface area contributed by atoms with E-state index < -0.39 is 0 Å². The smallest absolute Gasteiger partial charge is 0.361 e. The van der Waals surface area contributed by atoms with E-state index in [1.165, 1.54) is 23.9 Å². The molecule has 0 spiro atoms. The number of benzene rings is 2. The Kier molecular flexibility index (Phi) is 5.59. The van der Waals surface area contributed by atoms with E-state index in [-0.39, 0.29) is 5.97 Å². The molecule has 0 bridgehead atoms. The number of nitrogens with two attached hydrogens (primary N) is 1. The first-order chi connectivity index (χ1) is 12.5. The Labute approximate surface area is 155 Å². The molecular formula is C21H28N3O2+. The van der Waals surface area contributed by atoms with Gasteiger partial charge in [0.05, 0.1) is 40.3 Å². The second-order valence-electron chi connectivity index (χ2n) is 7.24. The lowest BCUT2D eigenvalue weighted by atomic mass is 10.0. The molecule has 5 heteroatoms. The van der Waals surface area contributed by atoms with Crippen molar-refractivity contribution in [1.29, 1.82) is 0 Å². The van der Waals surface area contributed by atoms with Crippen molar-refractivity contribution in [2.24, 2.45) is 5.73 Å². The normalized spacial score (nSPS) is 16.3. The van der Waals surface area contributed by atoms with Crippen LogP contribution in [0.5, 0.6) is 0 Å². The predicted octanol–water partition coefficient (Wildman–Crippen LogP) is 2.25. The van der Waals surface area contributed by atoms with Crippen molar-refractivity contribution in [1.82, 2.24) is 0 Å². The molecule has 0 aromatic heterocycles. The zero-order chi connectivity index (χ0) is 18.6. The first kappa shape index (κ1) is 18.4. The molecule has 1 heterocycles. The van der Waals surface area contributed by atoms with Crippen LogP contribution >= 0.6 is 0 Å². The lowest BCUT2D eigenvalue weighted by Gasteiger charge is -2.42. The Morgan fingerprint density at radius 1 is 1.04 bits per heavy atom. The second-order valence-corrected chi connectivity index (χ2v) is 7.24. The minimum atomic E-state index is -0.133. The summed E-state index contributed by atoms with van der Waals surface area (Å²) in [5, 5.41) is 0. The molecule has 0 unspecified atom stereocenters. The van der Waals surface area contributed by atoms with Gasteiger partial charge in [0, 0.05) is 12.2 Å². The van der Waals surface area contributed by atoms with Gasteiger partial charge in [-0.2, -0.15) is 0 Å². The maximum atomic E-state index is 11.6. The Morgan fingerprint density at radius 3 is 2.08 bits per heavy atom. The first-order valence-electron chi connectivity index (χ1n) is 9.08. The number of hydrogen-bond acceptors (Lipinski definition) is 4. The van der Waals surface area contributed by atoms with Crippen LogP contribution in [0.4, 0.5) is 5.69 Å². The van der Waals surface area contributed by atoms with Crippen LogP contribution in [-0.2, 0) is 16.1 Å². The highest BCUT2D eigenvalue weighted by Gasteiger charge is 2.31. The number of likely N-dealkylation sites (N-methyl/N-ethyl adjacent to an activating group) is 1. The van der Waals surface area contributed by atoms with Crippen LogP contribution < -0.4 is 10.6 Å². The van der Waals surface area contributed by atoms with Gasteiger partial charge in [0.15, 0.2) is 6.54 Å². The van der Waals surface area contributed by atoms with Crippen molar-refractivity contribution >= 4 is 11.7 Å². The standard InChI is InChI=1S/C21H28N3O2/c1-24(16-21(25)26-2)13-11-23(12-14-24)20-9-7-19(8-10-20)18-5-3-17(15-22)4-6-18/h3-10H,11-16,22H2,1-2H3/q+1. The van der Waals surface area contributed by atoms with Crippen LogP contribution in [0.25, 0.3) is 11.1 Å². The highest BCUT2D eigenvalue weighted by molar-refractivity contribution is 5.70. The largest absolute Gasteiger partial charge is 0.465 e. The summed E-state index contributed by atoms with van der Waals surface area (Å²) in [6, 6.07) is 17.1. The van der Waals surface area contributed by atoms with Gasteiger partial charge in [-0.3, -0.25) is 0 Å². The molecule has 1 aliphatic heterocycles. The molecule has 0 aliphatic carbocycles. The van der Waals surface area contributed by atoms with Crippen LogP contribution in [0.2, 0.25) is 0 Å². The van der Waals surface area contributed by atoms with Gasteiger partial charge < -0.3 is 19.9 Å². The quantitative estimate of drug-likeness (QED) is 0.661. The van der Waals surface area contributed by atoms with E-state index in [0.29, 0.717) is 13.1 Å². The summed E-state index contributed by atoms with van der Waals surface area (Å²) in [4.78, 5) is 14.0. The van der Waals surface area contributed by atoms with Gasteiger partial charge in [0.2, 0.25) is 0 Å². The fourth-order valence-corrected chi connectivity index (χ4v) is 3.44. The van der Waals surface area contributed by atoms with Crippen LogP contribution in [0, 0.1) is 0 Å². The molecule has 138 valence electrons. The number of rotatable bonds is 5. The van der Waals surface area contributed by atoms with Crippen LogP contribution in [-0.4, -0.2) is 57.3 Å². The maximum absolute atomic E-state index is 11.6. The third-order valence-electron chi connectivity index (χ3n) is 5.31. The van der Waals surface area contributed by atoms with Crippen LogP contribution in [0.1, 0.15) is 5.56 Å². The molecule has 3 rings (SSSR count). The van der Waals surface area contributed by atoms with Crippen LogP contribution in [0.3, 0.4) is 0 Å². The van der Waals surface area contributed by atoms with Crippen LogP contribution in [0.15, 0.2) is 48.5 Å². The molecule has 2 aromatic rings. The molecule has 2 aromatic carbocycles. The number of methoxy groups -OCH3 is 1. The highest BCUT2D eigenvalue weighted by atomic mass is 16.5. The summed E-state index contributed by atoms with van der Waals surface area (Å²) in [6.07, 6.45) is 0. The number of hydrogen-bond donors (Lipinski definition) is 1. The number of carbonyl (C=O) groups excluding carboxylic acids is 1. The number of carbonyl (C=O) groups is 1. The summed E-state index contributed by atoms with van der Waals surface area (Å²) < 4.78 is 5.57. The molecular weight excluding hydrogens is 326 g/mol. The van der Waals surface area contributed by atoms with Crippen molar-refractivity contribution in [3.63, 3.8) is 0 Å². The third-order valence-corrected chi connectivity index (χ3v) is 5.31. The Balaban J connectivity index is 1.63. The lowest BCUT2D eigenvalue weighted by molar-refractivity contribution is -0.903. The molecule has 1 aliphatic rings. The summed E-state index contributed by atoms with van der Waals surface area (Å²) in [5.74, 6) is -0.133. The monoisotopic (exact) mass is 354 g/mol. The fourth-order valence-electron chi connectivity index (χ4n) is 3.44. The topological polar surface area (TPSA) is 55.6 Å². The molecule has 1 saturated heterocycles. The minimum absolute atomic E-state index is 0.133. The SMILES string of the molecule is COC(=O)C[N+]1(C)CCN(c2ccc(-c3ccc(CN)cc3)cc2)CC1. The summed E-state index contributed by atoms with van der Waals surface area (Å²) in [7, 11) is 3.58. The number of ether oxygens (including phenoxy) is 1. The van der Waals surface area contributed by atoms with E-state index in [1.807, 2.05) is 0 Å². The average molecular weight is 354 g/mol. The van der Waals surface area contributed by atoms with E-state index in [4.69, 9.17) is 10.5 Å². The molecule has 0 radical (unpaired) electrons. The predicted molar refractivity (Wildman–Crippen MR) is 105 cm³/mol. The van der Waals surface area contributed by atoms with Crippen molar-refractivity contribution in [3.05, 3.63) is 54.1 Å². The van der Waals surface area contributed by atoms with Crippen molar-refractivity contribution in [3.8, 4) is 11.1 Å². The van der Waals surface area contributed by atoms with Crippen molar-refractivity contribution in [2.45, 2.75) is 6.54 Å². The zero-order valence-corrected chi connectivity index (χ0v) is 15.6. The zero-order valence-electron chi connectivity index (χ0n) is 15.6. The molecule has 0 atom stereocenters. The average Bonchev–Trinajstić information content (AvgIpc) is 2.68. The number of anilines is 1. The first-order valence-corrected chi connectivity index (χ1v) is 9.08. The van der Waals surface area contributed by atoms with E-state index in [2.05, 4.69) is 60.5 Å². The Bertz CT molecular complexity index is 733. The number of piperazine rings is 1.